The van der Waals surface area contributed by atoms with E-state index in [4.69, 9.17) is 5.73 Å². The number of hydrogen-bond donors (Lipinski definition) is 2. The molecule has 4 rings (SSSR count). The Hall–Kier alpha value is -3.15. The molecule has 28 heavy (non-hydrogen) atoms. The molecular formula is C22H26N6. The van der Waals surface area contributed by atoms with Crippen LogP contribution in [0.25, 0.3) is 33.1 Å². The summed E-state index contributed by atoms with van der Waals surface area (Å²) in [6.07, 6.45) is 6.67. The highest BCUT2D eigenvalue weighted by atomic mass is 15.2. The van der Waals surface area contributed by atoms with Gasteiger partial charge in [0.05, 0.1) is 10.9 Å². The molecule has 1 aromatic carbocycles. The predicted molar refractivity (Wildman–Crippen MR) is 116 cm³/mol. The molecule has 144 valence electrons. The fourth-order valence-electron chi connectivity index (χ4n) is 4.10. The standard InChI is InChI=1S/C22H26N6/c1-4-8-16(5-2)28-21(24-3)18(19-20(23)26-13-27-22(19)28)15-11-14-9-6-7-10-17(14)25-12-15/h6-7,9-13,16,24H,4-5,8H2,1-3H3,(H2,23,26,27)/t16-/m0/s1. The number of anilines is 2. The minimum atomic E-state index is 0.339. The van der Waals surface area contributed by atoms with Crippen molar-refractivity contribution in [3.8, 4) is 11.1 Å². The van der Waals surface area contributed by atoms with Gasteiger partial charge in [-0.3, -0.25) is 4.98 Å². The minimum absolute atomic E-state index is 0.339. The molecule has 0 unspecified atom stereocenters. The van der Waals surface area contributed by atoms with Crippen molar-refractivity contribution in [3.05, 3.63) is 42.9 Å². The van der Waals surface area contributed by atoms with Gasteiger partial charge in [-0.05, 0) is 25.0 Å². The lowest BCUT2D eigenvalue weighted by Crippen LogP contribution is -2.12. The van der Waals surface area contributed by atoms with Crippen LogP contribution < -0.4 is 11.1 Å². The van der Waals surface area contributed by atoms with Gasteiger partial charge < -0.3 is 15.6 Å². The van der Waals surface area contributed by atoms with Gasteiger partial charge in [-0.1, -0.05) is 38.5 Å². The van der Waals surface area contributed by atoms with Crippen LogP contribution in [0.2, 0.25) is 0 Å². The molecule has 0 saturated carbocycles. The summed E-state index contributed by atoms with van der Waals surface area (Å²) in [5.41, 5.74) is 10.2. The number of para-hydroxylation sites is 1. The zero-order valence-electron chi connectivity index (χ0n) is 16.6. The van der Waals surface area contributed by atoms with Crippen LogP contribution in [-0.2, 0) is 0 Å². The molecule has 0 bridgehead atoms. The lowest BCUT2D eigenvalue weighted by atomic mass is 10.0. The van der Waals surface area contributed by atoms with Crippen LogP contribution >= 0.6 is 0 Å². The molecule has 4 aromatic rings. The van der Waals surface area contributed by atoms with Gasteiger partial charge in [-0.25, -0.2) is 9.97 Å². The van der Waals surface area contributed by atoms with Crippen molar-refractivity contribution in [2.24, 2.45) is 0 Å². The Morgan fingerprint density at radius 1 is 1.14 bits per heavy atom. The third kappa shape index (κ3) is 2.85. The van der Waals surface area contributed by atoms with E-state index in [1.165, 1.54) is 0 Å². The third-order valence-electron chi connectivity index (χ3n) is 5.39. The smallest absolute Gasteiger partial charge is 0.148 e. The molecule has 3 heterocycles. The maximum atomic E-state index is 6.35. The summed E-state index contributed by atoms with van der Waals surface area (Å²) in [5.74, 6) is 1.51. The molecule has 0 saturated heterocycles. The van der Waals surface area contributed by atoms with Gasteiger partial charge in [-0.2, -0.15) is 0 Å². The maximum Gasteiger partial charge on any atom is 0.148 e. The summed E-state index contributed by atoms with van der Waals surface area (Å²) < 4.78 is 2.29. The molecule has 0 aliphatic rings. The Kier molecular flexibility index (Phi) is 4.86. The molecule has 0 radical (unpaired) electrons. The fraction of sp³-hybridized carbons (Fsp3) is 0.318. The number of nitrogen functional groups attached to an aromatic ring is 1. The van der Waals surface area contributed by atoms with E-state index in [1.54, 1.807) is 6.33 Å². The number of aromatic nitrogens is 4. The number of rotatable bonds is 6. The second-order valence-electron chi connectivity index (χ2n) is 7.07. The van der Waals surface area contributed by atoms with E-state index < -0.39 is 0 Å². The number of hydrogen-bond acceptors (Lipinski definition) is 5. The highest BCUT2D eigenvalue weighted by molar-refractivity contribution is 6.07. The average molecular weight is 374 g/mol. The molecule has 0 amide bonds. The number of benzene rings is 1. The van der Waals surface area contributed by atoms with Crippen LogP contribution in [-0.4, -0.2) is 26.6 Å². The number of nitrogens with zero attached hydrogens (tertiary/aromatic N) is 4. The second-order valence-corrected chi connectivity index (χ2v) is 7.07. The van der Waals surface area contributed by atoms with Crippen LogP contribution in [0.4, 0.5) is 11.6 Å². The lowest BCUT2D eigenvalue weighted by Gasteiger charge is -2.20. The first-order valence-corrected chi connectivity index (χ1v) is 9.86. The highest BCUT2D eigenvalue weighted by Crippen LogP contribution is 2.43. The van der Waals surface area contributed by atoms with Crippen LogP contribution in [0.1, 0.15) is 39.2 Å². The molecular weight excluding hydrogens is 348 g/mol. The van der Waals surface area contributed by atoms with Crippen molar-refractivity contribution >= 4 is 33.6 Å². The Morgan fingerprint density at radius 2 is 1.96 bits per heavy atom. The lowest BCUT2D eigenvalue weighted by molar-refractivity contribution is 0.462. The largest absolute Gasteiger partial charge is 0.383 e. The van der Waals surface area contributed by atoms with Crippen molar-refractivity contribution in [3.63, 3.8) is 0 Å². The number of fused-ring (bicyclic) bond motifs is 2. The SMILES string of the molecule is CCC[C@H](CC)n1c(NC)c(-c2cnc3ccccc3c2)c2c(N)ncnc21. The summed E-state index contributed by atoms with van der Waals surface area (Å²) in [6.45, 7) is 4.43. The van der Waals surface area contributed by atoms with Crippen molar-refractivity contribution in [1.82, 2.24) is 19.5 Å². The molecule has 0 fully saturated rings. The zero-order chi connectivity index (χ0) is 19.7. The average Bonchev–Trinajstić information content (AvgIpc) is 3.07. The Balaban J connectivity index is 2.06. The van der Waals surface area contributed by atoms with Crippen LogP contribution in [0.15, 0.2) is 42.9 Å². The first kappa shape index (κ1) is 18.2. The van der Waals surface area contributed by atoms with Crippen molar-refractivity contribution in [1.29, 1.82) is 0 Å². The van der Waals surface area contributed by atoms with E-state index in [9.17, 15) is 0 Å². The molecule has 6 nitrogen and oxygen atoms in total. The Labute approximate surface area is 164 Å². The van der Waals surface area contributed by atoms with E-state index in [1.807, 2.05) is 31.4 Å². The topological polar surface area (TPSA) is 81.7 Å². The van der Waals surface area contributed by atoms with E-state index in [0.717, 1.165) is 58.1 Å². The first-order chi connectivity index (χ1) is 13.7. The van der Waals surface area contributed by atoms with Crippen LogP contribution in [0.5, 0.6) is 0 Å². The summed E-state index contributed by atoms with van der Waals surface area (Å²) in [7, 11) is 1.95. The van der Waals surface area contributed by atoms with Gasteiger partial charge in [0.2, 0.25) is 0 Å². The number of pyridine rings is 1. The van der Waals surface area contributed by atoms with E-state index >= 15 is 0 Å². The summed E-state index contributed by atoms with van der Waals surface area (Å²) in [6, 6.07) is 10.6. The third-order valence-corrected chi connectivity index (χ3v) is 5.39. The summed E-state index contributed by atoms with van der Waals surface area (Å²) in [5, 5.41) is 5.40. The van der Waals surface area contributed by atoms with Gasteiger partial charge in [0.25, 0.3) is 0 Å². The van der Waals surface area contributed by atoms with E-state index in [2.05, 4.69) is 50.8 Å². The quantitative estimate of drug-likeness (QED) is 0.495. The Morgan fingerprint density at radius 3 is 2.71 bits per heavy atom. The van der Waals surface area contributed by atoms with Gasteiger partial charge >= 0.3 is 0 Å². The molecule has 3 N–H and O–H groups in total. The van der Waals surface area contributed by atoms with Gasteiger partial charge in [0, 0.05) is 35.8 Å². The molecule has 0 spiro atoms. The van der Waals surface area contributed by atoms with E-state index in [-0.39, 0.29) is 0 Å². The van der Waals surface area contributed by atoms with Gasteiger partial charge in [0.15, 0.2) is 0 Å². The number of nitrogens with two attached hydrogens (primary N) is 1. The first-order valence-electron chi connectivity index (χ1n) is 9.86. The van der Waals surface area contributed by atoms with Crippen molar-refractivity contribution < 1.29 is 0 Å². The molecule has 0 aliphatic carbocycles. The van der Waals surface area contributed by atoms with Gasteiger partial charge in [0.1, 0.15) is 23.6 Å². The normalized spacial score (nSPS) is 12.5. The van der Waals surface area contributed by atoms with Crippen molar-refractivity contribution in [2.45, 2.75) is 39.2 Å². The molecule has 6 heteroatoms. The van der Waals surface area contributed by atoms with Gasteiger partial charge in [-0.15, -0.1) is 0 Å². The number of nitrogens with one attached hydrogen (secondary N) is 1. The summed E-state index contributed by atoms with van der Waals surface area (Å²) in [4.78, 5) is 13.6. The van der Waals surface area contributed by atoms with Crippen molar-refractivity contribution in [2.75, 3.05) is 18.1 Å². The minimum Gasteiger partial charge on any atom is -0.383 e. The molecule has 3 aromatic heterocycles. The monoisotopic (exact) mass is 374 g/mol. The predicted octanol–water partition coefficient (Wildman–Crippen LogP) is 5.02. The second kappa shape index (κ2) is 7.46. The highest BCUT2D eigenvalue weighted by Gasteiger charge is 2.25. The fourth-order valence-corrected chi connectivity index (χ4v) is 4.10. The summed E-state index contributed by atoms with van der Waals surface area (Å²) >= 11 is 0. The van der Waals surface area contributed by atoms with E-state index in [0.29, 0.717) is 11.9 Å². The van der Waals surface area contributed by atoms with Crippen LogP contribution in [0, 0.1) is 0 Å². The maximum absolute atomic E-state index is 6.35. The Bertz CT molecular complexity index is 1130. The molecule has 1 atom stereocenters. The molecule has 0 aliphatic heterocycles. The zero-order valence-corrected chi connectivity index (χ0v) is 16.6. The van der Waals surface area contributed by atoms with Crippen LogP contribution in [0.3, 0.4) is 0 Å².